The average molecular weight is 310 g/mol. The van der Waals surface area contributed by atoms with Gasteiger partial charge in [-0.05, 0) is 24.3 Å². The van der Waals surface area contributed by atoms with Crippen LogP contribution in [0.25, 0.3) is 5.57 Å². The van der Waals surface area contributed by atoms with Crippen LogP contribution < -0.4 is 0 Å². The minimum absolute atomic E-state index is 0.0886. The zero-order valence-corrected chi connectivity index (χ0v) is 10.8. The van der Waals surface area contributed by atoms with E-state index in [2.05, 4.69) is 9.98 Å². The van der Waals surface area contributed by atoms with Crippen LogP contribution in [0.4, 0.5) is 22.0 Å². The highest BCUT2D eigenvalue weighted by molar-refractivity contribution is 5.88. The predicted molar refractivity (Wildman–Crippen MR) is 70.7 cm³/mol. The zero-order chi connectivity index (χ0) is 15.9. The lowest BCUT2D eigenvalue weighted by atomic mass is 9.98. The first-order valence-electron chi connectivity index (χ1n) is 6.13. The smallest absolute Gasteiger partial charge is 0.200 e. The first kappa shape index (κ1) is 14.2. The lowest BCUT2D eigenvalue weighted by Crippen LogP contribution is -2.08. The zero-order valence-electron chi connectivity index (χ0n) is 10.8. The summed E-state index contributed by atoms with van der Waals surface area (Å²) >= 11 is 0. The maximum atomic E-state index is 14.1. The van der Waals surface area contributed by atoms with Crippen LogP contribution >= 0.6 is 0 Å². The van der Waals surface area contributed by atoms with Crippen molar-refractivity contribution in [2.75, 3.05) is 0 Å². The van der Waals surface area contributed by atoms with Crippen LogP contribution in [0.15, 0.2) is 41.2 Å². The normalized spacial score (nSPS) is 15.7. The predicted octanol–water partition coefficient (Wildman–Crippen LogP) is 4.11. The molecule has 2 nitrogen and oxygen atoms in total. The van der Waals surface area contributed by atoms with Crippen LogP contribution in [-0.2, 0) is 0 Å². The molecular formula is C15H7F5N2. The number of hydrogen-bond donors (Lipinski definition) is 1. The van der Waals surface area contributed by atoms with E-state index in [1.807, 2.05) is 0 Å². The van der Waals surface area contributed by atoms with Crippen LogP contribution in [-0.4, -0.2) is 11.2 Å². The Hall–Kier alpha value is -2.70. The van der Waals surface area contributed by atoms with E-state index in [0.29, 0.717) is 0 Å². The second-order valence-corrected chi connectivity index (χ2v) is 4.43. The van der Waals surface area contributed by atoms with Gasteiger partial charge in [-0.15, -0.1) is 0 Å². The third kappa shape index (κ3) is 2.05. The summed E-state index contributed by atoms with van der Waals surface area (Å²) in [5.41, 5.74) is -0.951. The number of aliphatic imine (C=N–C) groups is 1. The Morgan fingerprint density at radius 2 is 1.55 bits per heavy atom. The molecule has 0 radical (unpaired) electrons. The molecular weight excluding hydrogens is 303 g/mol. The number of rotatable bonds is 2. The minimum atomic E-state index is -2.19. The van der Waals surface area contributed by atoms with E-state index in [9.17, 15) is 22.0 Å². The van der Waals surface area contributed by atoms with Crippen LogP contribution in [0.3, 0.4) is 0 Å². The van der Waals surface area contributed by atoms with Crippen LogP contribution in [0, 0.1) is 29.1 Å². The Morgan fingerprint density at radius 3 is 2.05 bits per heavy atom. The quantitative estimate of drug-likeness (QED) is 0.491. The van der Waals surface area contributed by atoms with Crippen molar-refractivity contribution >= 4 is 11.8 Å². The van der Waals surface area contributed by atoms with Crippen molar-refractivity contribution in [3.05, 3.63) is 76.5 Å². The summed E-state index contributed by atoms with van der Waals surface area (Å²) in [4.78, 5) is 6.57. The number of hydrogen-bond acceptors (Lipinski definition) is 1. The van der Waals surface area contributed by atoms with Gasteiger partial charge >= 0.3 is 0 Å². The molecule has 7 heteroatoms. The van der Waals surface area contributed by atoms with E-state index in [-0.39, 0.29) is 17.0 Å². The van der Waals surface area contributed by atoms with Crippen LogP contribution in [0.2, 0.25) is 0 Å². The summed E-state index contributed by atoms with van der Waals surface area (Å²) in [6.07, 6.45) is 5.72. The van der Waals surface area contributed by atoms with Gasteiger partial charge in [0.05, 0.1) is 11.3 Å². The molecule has 3 rings (SSSR count). The molecule has 0 saturated carbocycles. The summed E-state index contributed by atoms with van der Waals surface area (Å²) in [5.74, 6) is -9.98. The first-order chi connectivity index (χ1) is 10.5. The molecule has 0 spiro atoms. The average Bonchev–Trinajstić information content (AvgIpc) is 3.20. The fraction of sp³-hybridized carbons (Fsp3) is 0. The maximum absolute atomic E-state index is 14.1. The SMILES string of the molecule is Fc1c(F)c(F)c(/C(=C2/C=CC=N2)c2ccc[nH]2)c(F)c1F. The Morgan fingerprint density at radius 1 is 0.909 bits per heavy atom. The fourth-order valence-electron chi connectivity index (χ4n) is 2.16. The molecule has 0 unspecified atom stereocenters. The van der Waals surface area contributed by atoms with E-state index >= 15 is 0 Å². The molecule has 0 bridgehead atoms. The molecule has 2 aromatic rings. The molecule has 0 atom stereocenters. The number of H-pyrrole nitrogens is 1. The summed E-state index contributed by atoms with van der Waals surface area (Å²) < 4.78 is 68.2. The van der Waals surface area contributed by atoms with Crippen molar-refractivity contribution in [2.24, 2.45) is 4.99 Å². The molecule has 1 aliphatic rings. The van der Waals surface area contributed by atoms with Crippen molar-refractivity contribution in [1.82, 2.24) is 4.98 Å². The van der Waals surface area contributed by atoms with Gasteiger partial charge in [-0.25, -0.2) is 22.0 Å². The highest BCUT2D eigenvalue weighted by Gasteiger charge is 2.30. The van der Waals surface area contributed by atoms with Gasteiger partial charge < -0.3 is 4.98 Å². The van der Waals surface area contributed by atoms with E-state index < -0.39 is 34.6 Å². The van der Waals surface area contributed by atoms with Gasteiger partial charge in [-0.1, -0.05) is 0 Å². The summed E-state index contributed by atoms with van der Waals surface area (Å²) in [6, 6.07) is 2.98. The van der Waals surface area contributed by atoms with Gasteiger partial charge in [0.25, 0.3) is 0 Å². The lowest BCUT2D eigenvalue weighted by Gasteiger charge is -2.12. The molecule has 0 fully saturated rings. The van der Waals surface area contributed by atoms with Gasteiger partial charge in [0.1, 0.15) is 0 Å². The lowest BCUT2D eigenvalue weighted by molar-refractivity contribution is 0.376. The van der Waals surface area contributed by atoms with Gasteiger partial charge in [-0.3, -0.25) is 4.99 Å². The van der Waals surface area contributed by atoms with Crippen LogP contribution in [0.5, 0.6) is 0 Å². The third-order valence-corrected chi connectivity index (χ3v) is 3.14. The highest BCUT2D eigenvalue weighted by atomic mass is 19.2. The molecule has 1 aromatic heterocycles. The molecule has 0 saturated heterocycles. The molecule has 0 aliphatic carbocycles. The van der Waals surface area contributed by atoms with Gasteiger partial charge in [0.2, 0.25) is 5.82 Å². The number of aromatic nitrogens is 1. The second kappa shape index (κ2) is 5.25. The Bertz CT molecular complexity index is 789. The number of nitrogens with zero attached hydrogens (tertiary/aromatic N) is 1. The first-order valence-corrected chi connectivity index (χ1v) is 6.13. The van der Waals surface area contributed by atoms with Gasteiger partial charge in [0.15, 0.2) is 23.3 Å². The van der Waals surface area contributed by atoms with E-state index in [1.54, 1.807) is 0 Å². The second-order valence-electron chi connectivity index (χ2n) is 4.43. The Kier molecular flexibility index (Phi) is 3.40. The number of nitrogens with one attached hydrogen (secondary N) is 1. The largest absolute Gasteiger partial charge is 0.361 e. The van der Waals surface area contributed by atoms with E-state index in [1.165, 1.54) is 36.7 Å². The maximum Gasteiger partial charge on any atom is 0.200 e. The molecule has 1 N–H and O–H groups in total. The Labute approximate surface area is 121 Å². The molecule has 0 amide bonds. The minimum Gasteiger partial charge on any atom is -0.361 e. The summed E-state index contributed by atoms with van der Waals surface area (Å²) in [6.45, 7) is 0. The van der Waals surface area contributed by atoms with E-state index in [0.717, 1.165) is 0 Å². The molecule has 2 heterocycles. The Balaban J connectivity index is 2.40. The number of halogens is 5. The highest BCUT2D eigenvalue weighted by Crippen LogP contribution is 2.35. The topological polar surface area (TPSA) is 28.1 Å². The van der Waals surface area contributed by atoms with Gasteiger partial charge in [0, 0.05) is 23.7 Å². The van der Waals surface area contributed by atoms with Crippen LogP contribution in [0.1, 0.15) is 11.3 Å². The summed E-state index contributed by atoms with van der Waals surface area (Å²) in [7, 11) is 0. The molecule has 22 heavy (non-hydrogen) atoms. The number of benzene rings is 1. The van der Waals surface area contributed by atoms with Crippen molar-refractivity contribution in [3.8, 4) is 0 Å². The molecule has 1 aliphatic heterocycles. The van der Waals surface area contributed by atoms with Crippen molar-refractivity contribution < 1.29 is 22.0 Å². The summed E-state index contributed by atoms with van der Waals surface area (Å²) in [5, 5.41) is 0. The standard InChI is InChI=1S/C15H7F5N2/c16-11-10(12(17)14(19)15(20)13(11)18)9(7-3-1-5-21-7)8-4-2-6-22-8/h1-6,21H/b9-8-. The van der Waals surface area contributed by atoms with Crippen molar-refractivity contribution in [1.29, 1.82) is 0 Å². The molecule has 112 valence electrons. The fourth-order valence-corrected chi connectivity index (χ4v) is 2.16. The monoisotopic (exact) mass is 310 g/mol. The van der Waals surface area contributed by atoms with Crippen molar-refractivity contribution in [3.63, 3.8) is 0 Å². The number of allylic oxidation sites excluding steroid dienone is 2. The molecule has 1 aromatic carbocycles. The van der Waals surface area contributed by atoms with Crippen molar-refractivity contribution in [2.45, 2.75) is 0 Å². The van der Waals surface area contributed by atoms with E-state index in [4.69, 9.17) is 0 Å². The third-order valence-electron chi connectivity index (χ3n) is 3.14. The van der Waals surface area contributed by atoms with Gasteiger partial charge in [-0.2, -0.15) is 0 Å². The number of aromatic amines is 1.